The number of phenols is 2. The Morgan fingerprint density at radius 3 is 2.23 bits per heavy atom. The number of aromatic hydroxyl groups is 2. The topological polar surface area (TPSA) is 73.0 Å². The summed E-state index contributed by atoms with van der Waals surface area (Å²) in [5, 5.41) is 29.6. The largest absolute Gasteiger partial charge is 0.508 e. The SMILES string of the molecule is C/C(Cc1cc(O)cc(O)c1)=N/O. The summed E-state index contributed by atoms with van der Waals surface area (Å²) in [6.45, 7) is 1.65. The van der Waals surface area contributed by atoms with E-state index in [4.69, 9.17) is 15.4 Å². The molecule has 4 nitrogen and oxygen atoms in total. The third kappa shape index (κ3) is 2.66. The maximum Gasteiger partial charge on any atom is 0.119 e. The van der Waals surface area contributed by atoms with Crippen LogP contribution in [-0.4, -0.2) is 21.1 Å². The van der Waals surface area contributed by atoms with Gasteiger partial charge in [-0.3, -0.25) is 0 Å². The standard InChI is InChI=1S/C9H11NO3/c1-6(10-13)2-7-3-8(11)5-9(12)4-7/h3-5,11-13H,2H2,1H3/b10-6-. The quantitative estimate of drug-likeness (QED) is 0.367. The normalized spacial score (nSPS) is 11.6. The first-order valence-electron chi connectivity index (χ1n) is 3.81. The molecule has 1 rings (SSSR count). The van der Waals surface area contributed by atoms with E-state index >= 15 is 0 Å². The van der Waals surface area contributed by atoms with Gasteiger partial charge in [-0.05, 0) is 24.6 Å². The molecule has 0 aliphatic rings. The molecule has 0 radical (unpaired) electrons. The third-order valence-electron chi connectivity index (χ3n) is 1.59. The van der Waals surface area contributed by atoms with Crippen molar-refractivity contribution in [1.29, 1.82) is 0 Å². The van der Waals surface area contributed by atoms with E-state index in [1.807, 2.05) is 0 Å². The second kappa shape index (κ2) is 3.80. The predicted octanol–water partition coefficient (Wildman–Crippen LogP) is 1.49. The van der Waals surface area contributed by atoms with Gasteiger partial charge in [0.25, 0.3) is 0 Å². The molecule has 0 bridgehead atoms. The van der Waals surface area contributed by atoms with Crippen LogP contribution in [0.4, 0.5) is 0 Å². The zero-order chi connectivity index (χ0) is 9.84. The van der Waals surface area contributed by atoms with Gasteiger partial charge >= 0.3 is 0 Å². The lowest BCUT2D eigenvalue weighted by molar-refractivity contribution is 0.317. The number of hydrogen-bond acceptors (Lipinski definition) is 4. The average molecular weight is 181 g/mol. The van der Waals surface area contributed by atoms with Gasteiger partial charge in [-0.25, -0.2) is 0 Å². The Kier molecular flexibility index (Phi) is 2.74. The minimum absolute atomic E-state index is 0.000685. The van der Waals surface area contributed by atoms with E-state index in [2.05, 4.69) is 5.16 Å². The van der Waals surface area contributed by atoms with E-state index < -0.39 is 0 Å². The van der Waals surface area contributed by atoms with Crippen LogP contribution in [0.15, 0.2) is 23.4 Å². The summed E-state index contributed by atoms with van der Waals surface area (Å²) >= 11 is 0. The smallest absolute Gasteiger partial charge is 0.119 e. The minimum Gasteiger partial charge on any atom is -0.508 e. The highest BCUT2D eigenvalue weighted by molar-refractivity contribution is 5.83. The van der Waals surface area contributed by atoms with Crippen molar-refractivity contribution in [2.75, 3.05) is 0 Å². The van der Waals surface area contributed by atoms with Gasteiger partial charge in [0.1, 0.15) is 11.5 Å². The minimum atomic E-state index is 0.000685. The first-order valence-corrected chi connectivity index (χ1v) is 3.81. The second-order valence-electron chi connectivity index (χ2n) is 2.87. The van der Waals surface area contributed by atoms with Gasteiger partial charge in [0.2, 0.25) is 0 Å². The molecule has 0 aliphatic heterocycles. The molecule has 13 heavy (non-hydrogen) atoms. The first kappa shape index (κ1) is 9.38. The van der Waals surface area contributed by atoms with Gasteiger partial charge < -0.3 is 15.4 Å². The Bertz CT molecular complexity index is 313. The molecule has 0 fully saturated rings. The summed E-state index contributed by atoms with van der Waals surface area (Å²) in [6, 6.07) is 4.26. The molecule has 3 N–H and O–H groups in total. The molecule has 0 amide bonds. The van der Waals surface area contributed by atoms with Crippen LogP contribution >= 0.6 is 0 Å². The number of phenolic OH excluding ortho intramolecular Hbond substituents is 2. The number of nitrogens with zero attached hydrogens (tertiary/aromatic N) is 1. The summed E-state index contributed by atoms with van der Waals surface area (Å²) < 4.78 is 0. The van der Waals surface area contributed by atoms with Crippen molar-refractivity contribution in [3.8, 4) is 11.5 Å². The van der Waals surface area contributed by atoms with Gasteiger partial charge in [0.15, 0.2) is 0 Å². The molecule has 70 valence electrons. The van der Waals surface area contributed by atoms with Gasteiger partial charge in [-0.2, -0.15) is 0 Å². The molecule has 4 heteroatoms. The Morgan fingerprint density at radius 1 is 1.23 bits per heavy atom. The number of hydrogen-bond donors (Lipinski definition) is 3. The second-order valence-corrected chi connectivity index (χ2v) is 2.87. The van der Waals surface area contributed by atoms with Crippen LogP contribution in [0.1, 0.15) is 12.5 Å². The first-order chi connectivity index (χ1) is 6.11. The summed E-state index contributed by atoms with van der Waals surface area (Å²) in [6.07, 6.45) is 0.401. The molecule has 0 spiro atoms. The Morgan fingerprint density at radius 2 is 1.77 bits per heavy atom. The Hall–Kier alpha value is -1.71. The van der Waals surface area contributed by atoms with E-state index in [0.717, 1.165) is 0 Å². The molecular formula is C9H11NO3. The van der Waals surface area contributed by atoms with Crippen LogP contribution < -0.4 is 0 Å². The lowest BCUT2D eigenvalue weighted by Gasteiger charge is -2.01. The molecule has 0 unspecified atom stereocenters. The Balaban J connectivity index is 2.89. The molecule has 0 heterocycles. The Labute approximate surface area is 75.8 Å². The maximum absolute atomic E-state index is 9.12. The molecule has 0 saturated carbocycles. The lowest BCUT2D eigenvalue weighted by atomic mass is 10.1. The zero-order valence-corrected chi connectivity index (χ0v) is 7.23. The molecule has 0 atom stereocenters. The highest BCUT2D eigenvalue weighted by atomic mass is 16.4. The summed E-state index contributed by atoms with van der Waals surface area (Å²) in [7, 11) is 0. The molecular weight excluding hydrogens is 170 g/mol. The van der Waals surface area contributed by atoms with Crippen LogP contribution in [-0.2, 0) is 6.42 Å². The van der Waals surface area contributed by atoms with E-state index in [1.54, 1.807) is 6.92 Å². The van der Waals surface area contributed by atoms with Gasteiger partial charge in [0.05, 0.1) is 5.71 Å². The van der Waals surface area contributed by atoms with E-state index in [1.165, 1.54) is 18.2 Å². The van der Waals surface area contributed by atoms with Gasteiger partial charge in [-0.15, -0.1) is 0 Å². The third-order valence-corrected chi connectivity index (χ3v) is 1.59. The summed E-state index contributed by atoms with van der Waals surface area (Å²) in [5.41, 5.74) is 1.22. The predicted molar refractivity (Wildman–Crippen MR) is 48.4 cm³/mol. The maximum atomic E-state index is 9.12. The van der Waals surface area contributed by atoms with Gasteiger partial charge in [0, 0.05) is 12.5 Å². The fraction of sp³-hybridized carbons (Fsp3) is 0.222. The highest BCUT2D eigenvalue weighted by Crippen LogP contribution is 2.20. The highest BCUT2D eigenvalue weighted by Gasteiger charge is 2.00. The monoisotopic (exact) mass is 181 g/mol. The van der Waals surface area contributed by atoms with Crippen molar-refractivity contribution in [3.63, 3.8) is 0 Å². The van der Waals surface area contributed by atoms with E-state index in [0.29, 0.717) is 17.7 Å². The lowest BCUT2D eigenvalue weighted by Crippen LogP contribution is -1.96. The van der Waals surface area contributed by atoms with Gasteiger partial charge in [-0.1, -0.05) is 5.16 Å². The molecule has 0 saturated heterocycles. The molecule has 0 aromatic heterocycles. The molecule has 1 aromatic carbocycles. The van der Waals surface area contributed by atoms with Crippen LogP contribution in [0.3, 0.4) is 0 Å². The number of rotatable bonds is 2. The van der Waals surface area contributed by atoms with Crippen LogP contribution in [0.5, 0.6) is 11.5 Å². The van der Waals surface area contributed by atoms with Crippen LogP contribution in [0.25, 0.3) is 0 Å². The average Bonchev–Trinajstić information content (AvgIpc) is 2.02. The van der Waals surface area contributed by atoms with Crippen molar-refractivity contribution < 1.29 is 15.4 Å². The van der Waals surface area contributed by atoms with Crippen LogP contribution in [0, 0.1) is 0 Å². The van der Waals surface area contributed by atoms with E-state index in [-0.39, 0.29) is 11.5 Å². The zero-order valence-electron chi connectivity index (χ0n) is 7.23. The van der Waals surface area contributed by atoms with Crippen molar-refractivity contribution in [1.82, 2.24) is 0 Å². The van der Waals surface area contributed by atoms with Crippen molar-refractivity contribution in [2.45, 2.75) is 13.3 Å². The van der Waals surface area contributed by atoms with Crippen LogP contribution in [0.2, 0.25) is 0 Å². The fourth-order valence-corrected chi connectivity index (χ4v) is 1.09. The number of oxime groups is 1. The summed E-state index contributed by atoms with van der Waals surface area (Å²) in [4.78, 5) is 0. The number of benzene rings is 1. The van der Waals surface area contributed by atoms with Crippen molar-refractivity contribution in [2.24, 2.45) is 5.16 Å². The molecule has 1 aromatic rings. The summed E-state index contributed by atoms with van der Waals surface area (Å²) in [5.74, 6) is 0.00137. The fourth-order valence-electron chi connectivity index (χ4n) is 1.09. The molecule has 0 aliphatic carbocycles. The van der Waals surface area contributed by atoms with Crippen molar-refractivity contribution in [3.05, 3.63) is 23.8 Å². The van der Waals surface area contributed by atoms with Crippen molar-refractivity contribution >= 4 is 5.71 Å². The van der Waals surface area contributed by atoms with E-state index in [9.17, 15) is 0 Å².